The van der Waals surface area contributed by atoms with Gasteiger partial charge in [-0.2, -0.15) is 0 Å². The number of imide groups is 2. The lowest BCUT2D eigenvalue weighted by molar-refractivity contribution is -0.122. The SMILES string of the molecule is CCC(C)Oc1c(Cl)cc(C=C2C(=O)NC(=O)N(c3cc(C)cc(C)c3)C2=O)cc1OC. The van der Waals surface area contributed by atoms with Crippen LogP contribution in [0.3, 0.4) is 0 Å². The van der Waals surface area contributed by atoms with Gasteiger partial charge in [0.15, 0.2) is 11.5 Å². The number of hydrogen-bond donors (Lipinski definition) is 1. The normalized spacial score (nSPS) is 16.2. The van der Waals surface area contributed by atoms with Crippen molar-refractivity contribution in [1.29, 1.82) is 0 Å². The molecule has 0 aliphatic carbocycles. The molecule has 1 atom stereocenters. The van der Waals surface area contributed by atoms with Gasteiger partial charge < -0.3 is 9.47 Å². The van der Waals surface area contributed by atoms with E-state index in [4.69, 9.17) is 21.1 Å². The largest absolute Gasteiger partial charge is 0.493 e. The first kappa shape index (κ1) is 23.3. The summed E-state index contributed by atoms with van der Waals surface area (Å²) in [5, 5.41) is 2.51. The van der Waals surface area contributed by atoms with Crippen LogP contribution in [-0.2, 0) is 9.59 Å². The van der Waals surface area contributed by atoms with Crippen LogP contribution in [-0.4, -0.2) is 31.1 Å². The maximum absolute atomic E-state index is 13.2. The zero-order chi connectivity index (χ0) is 23.6. The first-order valence-corrected chi connectivity index (χ1v) is 10.6. The Kier molecular flexibility index (Phi) is 6.89. The predicted octanol–water partition coefficient (Wildman–Crippen LogP) is 4.81. The van der Waals surface area contributed by atoms with E-state index >= 15 is 0 Å². The zero-order valence-electron chi connectivity index (χ0n) is 18.6. The molecule has 8 heteroatoms. The minimum Gasteiger partial charge on any atom is -0.493 e. The molecule has 168 valence electrons. The van der Waals surface area contributed by atoms with Crippen molar-refractivity contribution in [3.63, 3.8) is 0 Å². The number of benzene rings is 2. The van der Waals surface area contributed by atoms with E-state index in [9.17, 15) is 14.4 Å². The van der Waals surface area contributed by atoms with Crippen molar-refractivity contribution < 1.29 is 23.9 Å². The number of nitrogens with one attached hydrogen (secondary N) is 1. The Bertz CT molecular complexity index is 1110. The lowest BCUT2D eigenvalue weighted by Gasteiger charge is -2.27. The monoisotopic (exact) mass is 456 g/mol. The number of anilines is 1. The maximum Gasteiger partial charge on any atom is 0.335 e. The maximum atomic E-state index is 13.2. The molecule has 0 spiro atoms. The number of rotatable bonds is 6. The molecule has 2 aromatic rings. The summed E-state index contributed by atoms with van der Waals surface area (Å²) in [5.74, 6) is -0.748. The first-order valence-electron chi connectivity index (χ1n) is 10.2. The van der Waals surface area contributed by atoms with Gasteiger partial charge in [-0.3, -0.25) is 14.9 Å². The van der Waals surface area contributed by atoms with Crippen LogP contribution >= 0.6 is 11.6 Å². The van der Waals surface area contributed by atoms with E-state index in [1.54, 1.807) is 24.3 Å². The van der Waals surface area contributed by atoms with Crippen molar-refractivity contribution in [2.45, 2.75) is 40.2 Å². The number of carbonyl (C=O) groups excluding carboxylic acids is 3. The van der Waals surface area contributed by atoms with Gasteiger partial charge in [0.1, 0.15) is 5.57 Å². The predicted molar refractivity (Wildman–Crippen MR) is 123 cm³/mol. The van der Waals surface area contributed by atoms with Gasteiger partial charge in [0.05, 0.1) is 23.9 Å². The third kappa shape index (κ3) is 4.78. The number of amides is 4. The fraction of sp³-hybridized carbons (Fsp3) is 0.292. The summed E-state index contributed by atoms with van der Waals surface area (Å²) in [6.45, 7) is 7.62. The fourth-order valence-electron chi connectivity index (χ4n) is 3.36. The molecule has 2 aromatic carbocycles. The molecule has 1 fully saturated rings. The van der Waals surface area contributed by atoms with E-state index in [-0.39, 0.29) is 16.7 Å². The molecule has 1 aliphatic heterocycles. The summed E-state index contributed by atoms with van der Waals surface area (Å²) >= 11 is 6.40. The summed E-state index contributed by atoms with van der Waals surface area (Å²) in [5.41, 5.74) is 2.42. The van der Waals surface area contributed by atoms with E-state index in [1.807, 2.05) is 33.8 Å². The number of hydrogen-bond acceptors (Lipinski definition) is 5. The van der Waals surface area contributed by atoms with Crippen molar-refractivity contribution in [2.24, 2.45) is 0 Å². The van der Waals surface area contributed by atoms with E-state index < -0.39 is 17.8 Å². The minimum absolute atomic E-state index is 0.0753. The molecule has 1 N–H and O–H groups in total. The standard InChI is InChI=1S/C24H25ClN2O5/c1-6-15(4)32-21-19(25)11-16(12-20(21)31-5)10-18-22(28)26-24(30)27(23(18)29)17-8-13(2)7-14(3)9-17/h7-12,15H,6H2,1-5H3,(H,26,28,30). The molecule has 3 rings (SSSR count). The van der Waals surface area contributed by atoms with Crippen LogP contribution in [0.4, 0.5) is 10.5 Å². The fourth-order valence-corrected chi connectivity index (χ4v) is 3.62. The zero-order valence-corrected chi connectivity index (χ0v) is 19.4. The van der Waals surface area contributed by atoms with E-state index in [1.165, 1.54) is 13.2 Å². The van der Waals surface area contributed by atoms with Crippen LogP contribution in [0.1, 0.15) is 37.0 Å². The highest BCUT2D eigenvalue weighted by molar-refractivity contribution is 6.39. The third-order valence-electron chi connectivity index (χ3n) is 5.02. The smallest absolute Gasteiger partial charge is 0.335 e. The van der Waals surface area contributed by atoms with Gasteiger partial charge in [0.2, 0.25) is 0 Å². The Labute approximate surface area is 191 Å². The molecule has 1 saturated heterocycles. The Morgan fingerprint density at radius 1 is 1.09 bits per heavy atom. The summed E-state index contributed by atoms with van der Waals surface area (Å²) < 4.78 is 11.2. The molecular weight excluding hydrogens is 432 g/mol. The van der Waals surface area contributed by atoms with Crippen molar-refractivity contribution in [3.05, 3.63) is 57.6 Å². The molecular formula is C24H25ClN2O5. The van der Waals surface area contributed by atoms with Gasteiger partial charge in [-0.1, -0.05) is 24.6 Å². The highest BCUT2D eigenvalue weighted by Crippen LogP contribution is 2.38. The number of carbonyl (C=O) groups is 3. The van der Waals surface area contributed by atoms with E-state index in [2.05, 4.69) is 5.32 Å². The summed E-state index contributed by atoms with van der Waals surface area (Å²) in [6, 6.07) is 7.74. The number of methoxy groups -OCH3 is 1. The molecule has 1 aliphatic rings. The Morgan fingerprint density at radius 2 is 1.75 bits per heavy atom. The Hall–Kier alpha value is -3.32. The van der Waals surface area contributed by atoms with Crippen LogP contribution in [0.15, 0.2) is 35.9 Å². The molecule has 4 amide bonds. The van der Waals surface area contributed by atoms with Crippen LogP contribution < -0.4 is 19.7 Å². The van der Waals surface area contributed by atoms with Crippen LogP contribution in [0.2, 0.25) is 5.02 Å². The van der Waals surface area contributed by atoms with Crippen molar-refractivity contribution in [3.8, 4) is 11.5 Å². The number of halogens is 1. The average Bonchev–Trinajstić information content (AvgIpc) is 2.71. The second kappa shape index (κ2) is 9.44. The van der Waals surface area contributed by atoms with E-state index in [0.717, 1.165) is 22.4 Å². The molecule has 1 unspecified atom stereocenters. The van der Waals surface area contributed by atoms with Gasteiger partial charge in [0, 0.05) is 0 Å². The minimum atomic E-state index is -0.796. The van der Waals surface area contributed by atoms with Crippen molar-refractivity contribution in [1.82, 2.24) is 5.32 Å². The summed E-state index contributed by atoms with van der Waals surface area (Å²) in [7, 11) is 1.48. The summed E-state index contributed by atoms with van der Waals surface area (Å²) in [4.78, 5) is 39.0. The highest BCUT2D eigenvalue weighted by Gasteiger charge is 2.37. The lowest BCUT2D eigenvalue weighted by Crippen LogP contribution is -2.54. The second-order valence-corrected chi connectivity index (χ2v) is 8.08. The molecule has 32 heavy (non-hydrogen) atoms. The van der Waals surface area contributed by atoms with Crippen molar-refractivity contribution >= 4 is 41.2 Å². The highest BCUT2D eigenvalue weighted by atomic mass is 35.5. The van der Waals surface area contributed by atoms with Crippen LogP contribution in [0.25, 0.3) is 6.08 Å². The Balaban J connectivity index is 2.03. The number of ether oxygens (including phenoxy) is 2. The number of urea groups is 1. The second-order valence-electron chi connectivity index (χ2n) is 7.67. The molecule has 1 heterocycles. The van der Waals surface area contributed by atoms with Crippen molar-refractivity contribution in [2.75, 3.05) is 12.0 Å². The molecule has 0 aromatic heterocycles. The lowest BCUT2D eigenvalue weighted by atomic mass is 10.0. The number of barbiturate groups is 1. The van der Waals surface area contributed by atoms with Gasteiger partial charge in [-0.25, -0.2) is 9.69 Å². The average molecular weight is 457 g/mol. The molecule has 0 radical (unpaired) electrons. The van der Waals surface area contributed by atoms with Crippen LogP contribution in [0.5, 0.6) is 11.5 Å². The topological polar surface area (TPSA) is 84.9 Å². The van der Waals surface area contributed by atoms with Gasteiger partial charge in [0.25, 0.3) is 11.8 Å². The third-order valence-corrected chi connectivity index (χ3v) is 5.30. The quantitative estimate of drug-likeness (QED) is 0.498. The molecule has 0 bridgehead atoms. The first-order chi connectivity index (χ1) is 15.1. The Morgan fingerprint density at radius 3 is 2.34 bits per heavy atom. The van der Waals surface area contributed by atoms with Gasteiger partial charge >= 0.3 is 6.03 Å². The summed E-state index contributed by atoms with van der Waals surface area (Å²) in [6.07, 6.45) is 2.08. The number of aryl methyl sites for hydroxylation is 2. The van der Waals surface area contributed by atoms with Gasteiger partial charge in [-0.15, -0.1) is 0 Å². The van der Waals surface area contributed by atoms with E-state index in [0.29, 0.717) is 22.7 Å². The van der Waals surface area contributed by atoms with Crippen LogP contribution in [0, 0.1) is 13.8 Å². The molecule has 7 nitrogen and oxygen atoms in total. The van der Waals surface area contributed by atoms with Gasteiger partial charge in [-0.05, 0) is 74.2 Å². The number of nitrogens with zero attached hydrogens (tertiary/aromatic N) is 1. The molecule has 0 saturated carbocycles.